The summed E-state index contributed by atoms with van der Waals surface area (Å²) in [5.74, 6) is 1.02. The van der Waals surface area contributed by atoms with Crippen LogP contribution in [-0.2, 0) is 17.1 Å². The highest BCUT2D eigenvalue weighted by Crippen LogP contribution is 2.22. The number of nitrogens with one attached hydrogen (secondary N) is 1. The van der Waals surface area contributed by atoms with E-state index in [1.165, 1.54) is 0 Å². The zero-order valence-electron chi connectivity index (χ0n) is 13.3. The summed E-state index contributed by atoms with van der Waals surface area (Å²) in [6.45, 7) is 5.76. The summed E-state index contributed by atoms with van der Waals surface area (Å²) in [5, 5.41) is 7.43. The lowest BCUT2D eigenvalue weighted by molar-refractivity contribution is 0.540. The molecule has 1 N–H and O–H groups in total. The van der Waals surface area contributed by atoms with E-state index in [9.17, 15) is 8.42 Å². The van der Waals surface area contributed by atoms with Crippen LogP contribution in [0.4, 0.5) is 5.69 Å². The fraction of sp³-hybridized carbons (Fsp3) is 0.467. The molecule has 0 aliphatic carbocycles. The second-order valence-electron chi connectivity index (χ2n) is 5.93. The first-order valence-corrected chi connectivity index (χ1v) is 8.80. The minimum absolute atomic E-state index is 0.330. The van der Waals surface area contributed by atoms with E-state index < -0.39 is 15.3 Å². The fourth-order valence-corrected chi connectivity index (χ4v) is 3.62. The first kappa shape index (κ1) is 16.5. The molecule has 120 valence electrons. The molecular formula is C15H22N4O2S. The van der Waals surface area contributed by atoms with Crippen molar-refractivity contribution in [3.05, 3.63) is 30.6 Å². The molecule has 0 saturated heterocycles. The predicted octanol–water partition coefficient (Wildman–Crippen LogP) is 2.66. The molecule has 1 aromatic carbocycles. The molecular weight excluding hydrogens is 300 g/mol. The fourth-order valence-electron chi connectivity index (χ4n) is 2.32. The highest BCUT2D eigenvalue weighted by atomic mass is 32.2. The minimum atomic E-state index is -3.40. The van der Waals surface area contributed by atoms with E-state index in [0.717, 1.165) is 5.56 Å². The molecule has 2 aromatic rings. The number of rotatable bonds is 6. The van der Waals surface area contributed by atoms with Crippen molar-refractivity contribution in [2.45, 2.75) is 32.4 Å². The molecule has 22 heavy (non-hydrogen) atoms. The van der Waals surface area contributed by atoms with Crippen molar-refractivity contribution in [3.63, 3.8) is 0 Å². The van der Waals surface area contributed by atoms with Crippen LogP contribution < -0.4 is 4.72 Å². The lowest BCUT2D eigenvalue weighted by Crippen LogP contribution is -2.26. The standard InChI is InChI=1S/C15H22N4O2S/c1-11(2)8-12(3)22(20,21)18-14-7-5-6-13(9-14)15-17-16-10-19(15)4/h5-7,9-12,18H,8H2,1-4H3/t12-/m0/s1. The lowest BCUT2D eigenvalue weighted by atomic mass is 10.1. The van der Waals surface area contributed by atoms with E-state index >= 15 is 0 Å². The maximum absolute atomic E-state index is 12.4. The summed E-state index contributed by atoms with van der Waals surface area (Å²) in [5.41, 5.74) is 1.35. The number of sulfonamides is 1. The Morgan fingerprint density at radius 2 is 2.00 bits per heavy atom. The van der Waals surface area contributed by atoms with E-state index in [4.69, 9.17) is 0 Å². The van der Waals surface area contributed by atoms with Gasteiger partial charge >= 0.3 is 0 Å². The van der Waals surface area contributed by atoms with Gasteiger partial charge in [0.25, 0.3) is 0 Å². The highest BCUT2D eigenvalue weighted by molar-refractivity contribution is 7.93. The van der Waals surface area contributed by atoms with E-state index in [2.05, 4.69) is 14.9 Å². The zero-order chi connectivity index (χ0) is 16.3. The average molecular weight is 322 g/mol. The summed E-state index contributed by atoms with van der Waals surface area (Å²) in [4.78, 5) is 0. The average Bonchev–Trinajstić information content (AvgIpc) is 2.84. The van der Waals surface area contributed by atoms with Crippen LogP contribution in [0.1, 0.15) is 27.2 Å². The van der Waals surface area contributed by atoms with Crippen molar-refractivity contribution in [3.8, 4) is 11.4 Å². The Kier molecular flexibility index (Phi) is 4.85. The Morgan fingerprint density at radius 1 is 1.27 bits per heavy atom. The Balaban J connectivity index is 2.22. The molecule has 0 aliphatic rings. The van der Waals surface area contributed by atoms with Crippen LogP contribution in [0.2, 0.25) is 0 Å². The molecule has 2 rings (SSSR count). The van der Waals surface area contributed by atoms with E-state index in [-0.39, 0.29) is 0 Å². The van der Waals surface area contributed by atoms with Crippen molar-refractivity contribution in [2.24, 2.45) is 13.0 Å². The van der Waals surface area contributed by atoms with Gasteiger partial charge < -0.3 is 4.57 Å². The molecule has 1 atom stereocenters. The summed E-state index contributed by atoms with van der Waals surface area (Å²) < 4.78 is 29.2. The summed E-state index contributed by atoms with van der Waals surface area (Å²) in [6, 6.07) is 7.18. The number of aryl methyl sites for hydroxylation is 1. The van der Waals surface area contributed by atoms with Gasteiger partial charge in [0.1, 0.15) is 6.33 Å². The van der Waals surface area contributed by atoms with Crippen LogP contribution in [0.25, 0.3) is 11.4 Å². The molecule has 0 amide bonds. The van der Waals surface area contributed by atoms with Gasteiger partial charge in [-0.1, -0.05) is 26.0 Å². The van der Waals surface area contributed by atoms with Crippen molar-refractivity contribution in [1.29, 1.82) is 0 Å². The van der Waals surface area contributed by atoms with Gasteiger partial charge in [-0.2, -0.15) is 0 Å². The van der Waals surface area contributed by atoms with Gasteiger partial charge in [0.2, 0.25) is 10.0 Å². The number of hydrogen-bond acceptors (Lipinski definition) is 4. The molecule has 1 heterocycles. The number of benzene rings is 1. The molecule has 1 aromatic heterocycles. The van der Waals surface area contributed by atoms with Crippen LogP contribution in [0, 0.1) is 5.92 Å². The third-order valence-electron chi connectivity index (χ3n) is 3.43. The molecule has 0 radical (unpaired) electrons. The molecule has 0 bridgehead atoms. The summed E-state index contributed by atoms with van der Waals surface area (Å²) in [7, 11) is -1.55. The molecule has 0 spiro atoms. The minimum Gasteiger partial charge on any atom is -0.317 e. The summed E-state index contributed by atoms with van der Waals surface area (Å²) >= 11 is 0. The smallest absolute Gasteiger partial charge is 0.235 e. The normalized spacial score (nSPS) is 13.3. The maximum Gasteiger partial charge on any atom is 0.235 e. The van der Waals surface area contributed by atoms with Crippen molar-refractivity contribution in [2.75, 3.05) is 4.72 Å². The van der Waals surface area contributed by atoms with Gasteiger partial charge in [-0.25, -0.2) is 8.42 Å². The third kappa shape index (κ3) is 3.85. The van der Waals surface area contributed by atoms with E-state index in [0.29, 0.717) is 23.9 Å². The molecule has 6 nitrogen and oxygen atoms in total. The van der Waals surface area contributed by atoms with E-state index in [1.54, 1.807) is 36.0 Å². The number of aromatic nitrogens is 3. The molecule has 7 heteroatoms. The van der Waals surface area contributed by atoms with Crippen LogP contribution in [0.15, 0.2) is 30.6 Å². The Hall–Kier alpha value is -1.89. The van der Waals surface area contributed by atoms with E-state index in [1.807, 2.05) is 27.0 Å². The number of anilines is 1. The maximum atomic E-state index is 12.4. The summed E-state index contributed by atoms with van der Waals surface area (Å²) in [6.07, 6.45) is 2.23. The number of nitrogens with zero attached hydrogens (tertiary/aromatic N) is 3. The second-order valence-corrected chi connectivity index (χ2v) is 8.03. The third-order valence-corrected chi connectivity index (χ3v) is 5.20. The van der Waals surface area contributed by atoms with Crippen LogP contribution in [0.5, 0.6) is 0 Å². The molecule has 0 fully saturated rings. The van der Waals surface area contributed by atoms with Crippen LogP contribution in [0.3, 0.4) is 0 Å². The monoisotopic (exact) mass is 322 g/mol. The van der Waals surface area contributed by atoms with Crippen molar-refractivity contribution >= 4 is 15.7 Å². The first-order chi connectivity index (χ1) is 10.3. The Morgan fingerprint density at radius 3 is 2.59 bits per heavy atom. The topological polar surface area (TPSA) is 76.9 Å². The molecule has 0 unspecified atom stereocenters. The molecule has 0 saturated carbocycles. The zero-order valence-corrected chi connectivity index (χ0v) is 14.1. The SMILES string of the molecule is CC(C)C[C@H](C)S(=O)(=O)Nc1cccc(-c2nncn2C)c1. The van der Waals surface area contributed by atoms with Gasteiger partial charge in [0.15, 0.2) is 5.82 Å². The molecule has 0 aliphatic heterocycles. The van der Waals surface area contributed by atoms with Gasteiger partial charge in [-0.3, -0.25) is 4.72 Å². The largest absolute Gasteiger partial charge is 0.317 e. The lowest BCUT2D eigenvalue weighted by Gasteiger charge is -2.16. The Labute approximate surface area is 131 Å². The number of hydrogen-bond donors (Lipinski definition) is 1. The Bertz CT molecular complexity index is 738. The second kappa shape index (κ2) is 6.48. The van der Waals surface area contributed by atoms with Crippen LogP contribution in [-0.4, -0.2) is 28.4 Å². The highest BCUT2D eigenvalue weighted by Gasteiger charge is 2.21. The van der Waals surface area contributed by atoms with Gasteiger partial charge in [-0.15, -0.1) is 10.2 Å². The predicted molar refractivity (Wildman–Crippen MR) is 87.9 cm³/mol. The van der Waals surface area contributed by atoms with Gasteiger partial charge in [0, 0.05) is 18.3 Å². The van der Waals surface area contributed by atoms with Crippen LogP contribution >= 0.6 is 0 Å². The van der Waals surface area contributed by atoms with Gasteiger partial charge in [-0.05, 0) is 31.4 Å². The quantitative estimate of drug-likeness (QED) is 0.887. The van der Waals surface area contributed by atoms with Crippen molar-refractivity contribution in [1.82, 2.24) is 14.8 Å². The van der Waals surface area contributed by atoms with Crippen molar-refractivity contribution < 1.29 is 8.42 Å². The van der Waals surface area contributed by atoms with Gasteiger partial charge in [0.05, 0.1) is 5.25 Å². The first-order valence-electron chi connectivity index (χ1n) is 7.25.